The first-order valence-corrected chi connectivity index (χ1v) is 5.62. The summed E-state index contributed by atoms with van der Waals surface area (Å²) in [7, 11) is 0. The molecule has 0 fully saturated rings. The summed E-state index contributed by atoms with van der Waals surface area (Å²) in [5, 5.41) is 17.3. The van der Waals surface area contributed by atoms with Crippen molar-refractivity contribution in [3.8, 4) is 5.75 Å². The molecule has 0 saturated carbocycles. The fourth-order valence-corrected chi connectivity index (χ4v) is 1.30. The summed E-state index contributed by atoms with van der Waals surface area (Å²) in [6.07, 6.45) is 3.64. The maximum absolute atomic E-state index is 10.8. The van der Waals surface area contributed by atoms with Crippen LogP contribution in [0, 0.1) is 0 Å². The van der Waals surface area contributed by atoms with Crippen molar-refractivity contribution in [2.75, 3.05) is 6.61 Å². The first kappa shape index (κ1) is 14.5. The van der Waals surface area contributed by atoms with E-state index < -0.39 is 11.9 Å². The highest BCUT2D eigenvalue weighted by atomic mass is 16.5. The Morgan fingerprint density at radius 2 is 1.79 bits per heavy atom. The van der Waals surface area contributed by atoms with Crippen LogP contribution in [0.2, 0.25) is 0 Å². The molecule has 1 aromatic carbocycles. The molecule has 5 heteroatoms. The lowest BCUT2D eigenvalue weighted by atomic mass is 10.2. The number of carboxylic acid groups (broad SMARTS) is 2. The molecule has 0 aliphatic heterocycles. The molecular weight excluding hydrogens is 248 g/mol. The molecule has 0 aliphatic rings. The average molecular weight is 262 g/mol. The summed E-state index contributed by atoms with van der Waals surface area (Å²) >= 11 is 0. The summed E-state index contributed by atoms with van der Waals surface area (Å²) in [5.41, 5.74) is -0.0703. The van der Waals surface area contributed by atoms with Crippen molar-refractivity contribution in [3.05, 3.63) is 54.1 Å². The molecule has 19 heavy (non-hydrogen) atoms. The standard InChI is InChI=1S/C14H14O5/c15-13(16)9-8-11(14(17)18)5-4-10-19-12-6-2-1-3-7-12/h1-3,5-9H,4,10H2,(H,15,16)(H,17,18). The van der Waals surface area contributed by atoms with Gasteiger partial charge in [0.2, 0.25) is 0 Å². The van der Waals surface area contributed by atoms with Crippen LogP contribution in [-0.2, 0) is 9.59 Å². The van der Waals surface area contributed by atoms with E-state index in [1.165, 1.54) is 6.08 Å². The predicted octanol–water partition coefficient (Wildman–Crippen LogP) is 2.11. The smallest absolute Gasteiger partial charge is 0.335 e. The Morgan fingerprint density at radius 3 is 2.37 bits per heavy atom. The summed E-state index contributed by atoms with van der Waals surface area (Å²) in [6, 6.07) is 9.14. The highest BCUT2D eigenvalue weighted by molar-refractivity contribution is 5.92. The Bertz CT molecular complexity index is 488. The quantitative estimate of drug-likeness (QED) is 0.446. The van der Waals surface area contributed by atoms with Gasteiger partial charge in [-0.15, -0.1) is 0 Å². The highest BCUT2D eigenvalue weighted by Crippen LogP contribution is 2.09. The molecule has 0 unspecified atom stereocenters. The monoisotopic (exact) mass is 262 g/mol. The maximum Gasteiger partial charge on any atom is 0.335 e. The molecule has 5 nitrogen and oxygen atoms in total. The lowest BCUT2D eigenvalue weighted by Crippen LogP contribution is -2.01. The lowest BCUT2D eigenvalue weighted by Gasteiger charge is -2.03. The Hall–Kier alpha value is -2.56. The van der Waals surface area contributed by atoms with E-state index in [4.69, 9.17) is 14.9 Å². The van der Waals surface area contributed by atoms with Crippen molar-refractivity contribution >= 4 is 11.9 Å². The summed E-state index contributed by atoms with van der Waals surface area (Å²) in [4.78, 5) is 21.1. The third-order valence-electron chi connectivity index (χ3n) is 2.15. The van der Waals surface area contributed by atoms with Crippen molar-refractivity contribution in [2.24, 2.45) is 0 Å². The fourth-order valence-electron chi connectivity index (χ4n) is 1.30. The molecule has 0 radical (unpaired) electrons. The van der Waals surface area contributed by atoms with Gasteiger partial charge in [0.15, 0.2) is 0 Å². The number of benzene rings is 1. The minimum absolute atomic E-state index is 0.0703. The summed E-state index contributed by atoms with van der Waals surface area (Å²) < 4.78 is 5.38. The van der Waals surface area contributed by atoms with E-state index in [9.17, 15) is 9.59 Å². The van der Waals surface area contributed by atoms with E-state index in [0.717, 1.165) is 12.2 Å². The number of hydrogen-bond donors (Lipinski definition) is 2. The van der Waals surface area contributed by atoms with Crippen LogP contribution >= 0.6 is 0 Å². The third-order valence-corrected chi connectivity index (χ3v) is 2.15. The number of aliphatic carboxylic acids is 2. The summed E-state index contributed by atoms with van der Waals surface area (Å²) in [5.74, 6) is -1.65. The SMILES string of the molecule is O=C(O)C=CC(=CCCOc1ccccc1)C(=O)O. The largest absolute Gasteiger partial charge is 0.493 e. The van der Waals surface area contributed by atoms with Gasteiger partial charge in [0.25, 0.3) is 0 Å². The third kappa shape index (κ3) is 6.07. The number of carboxylic acids is 2. The van der Waals surface area contributed by atoms with Crippen LogP contribution in [0.5, 0.6) is 5.75 Å². The van der Waals surface area contributed by atoms with Gasteiger partial charge in [-0.2, -0.15) is 0 Å². The number of ether oxygens (including phenoxy) is 1. The van der Waals surface area contributed by atoms with Gasteiger partial charge in [0, 0.05) is 12.5 Å². The zero-order valence-corrected chi connectivity index (χ0v) is 10.2. The zero-order chi connectivity index (χ0) is 14.1. The molecule has 0 heterocycles. The Labute approximate surface area is 110 Å². The molecule has 0 amide bonds. The molecule has 0 atom stereocenters. The van der Waals surface area contributed by atoms with Gasteiger partial charge in [-0.3, -0.25) is 0 Å². The summed E-state index contributed by atoms with van der Waals surface area (Å²) in [6.45, 7) is 0.321. The Balaban J connectivity index is 2.48. The van der Waals surface area contributed by atoms with Gasteiger partial charge in [0.05, 0.1) is 12.2 Å². The van der Waals surface area contributed by atoms with Crippen molar-refractivity contribution in [1.29, 1.82) is 0 Å². The van der Waals surface area contributed by atoms with Crippen LogP contribution in [0.3, 0.4) is 0 Å². The average Bonchev–Trinajstić information content (AvgIpc) is 2.38. The number of rotatable bonds is 7. The molecule has 0 bridgehead atoms. The van der Waals surface area contributed by atoms with Gasteiger partial charge in [-0.1, -0.05) is 24.3 Å². The van der Waals surface area contributed by atoms with E-state index in [-0.39, 0.29) is 5.57 Å². The zero-order valence-electron chi connectivity index (χ0n) is 10.2. The first-order valence-electron chi connectivity index (χ1n) is 5.62. The molecule has 0 saturated heterocycles. The van der Waals surface area contributed by atoms with Crippen LogP contribution in [0.15, 0.2) is 54.1 Å². The second-order valence-electron chi connectivity index (χ2n) is 3.59. The molecule has 1 rings (SSSR count). The molecule has 0 aromatic heterocycles. The predicted molar refractivity (Wildman–Crippen MR) is 69.0 cm³/mol. The van der Waals surface area contributed by atoms with Crippen molar-refractivity contribution in [3.63, 3.8) is 0 Å². The van der Waals surface area contributed by atoms with Gasteiger partial charge >= 0.3 is 11.9 Å². The van der Waals surface area contributed by atoms with Crippen LogP contribution in [-0.4, -0.2) is 28.8 Å². The fraction of sp³-hybridized carbons (Fsp3) is 0.143. The van der Waals surface area contributed by atoms with Gasteiger partial charge in [-0.25, -0.2) is 9.59 Å². The molecule has 1 aromatic rings. The van der Waals surface area contributed by atoms with E-state index in [2.05, 4.69) is 0 Å². The van der Waals surface area contributed by atoms with Crippen LogP contribution in [0.4, 0.5) is 0 Å². The van der Waals surface area contributed by atoms with Gasteiger partial charge < -0.3 is 14.9 Å². The van der Waals surface area contributed by atoms with Gasteiger partial charge in [-0.05, 0) is 18.2 Å². The first-order chi connectivity index (χ1) is 9.09. The van der Waals surface area contributed by atoms with E-state index >= 15 is 0 Å². The number of hydrogen-bond acceptors (Lipinski definition) is 3. The van der Waals surface area contributed by atoms with E-state index in [1.54, 1.807) is 12.1 Å². The number of para-hydroxylation sites is 1. The van der Waals surface area contributed by atoms with Crippen LogP contribution < -0.4 is 4.74 Å². The van der Waals surface area contributed by atoms with Crippen LogP contribution in [0.1, 0.15) is 6.42 Å². The Kier molecular flexibility index (Phi) is 5.88. The second kappa shape index (κ2) is 7.71. The van der Waals surface area contributed by atoms with E-state index in [0.29, 0.717) is 18.8 Å². The lowest BCUT2D eigenvalue weighted by molar-refractivity contribution is -0.132. The second-order valence-corrected chi connectivity index (χ2v) is 3.59. The van der Waals surface area contributed by atoms with Gasteiger partial charge in [0.1, 0.15) is 5.75 Å². The molecule has 100 valence electrons. The topological polar surface area (TPSA) is 83.8 Å². The molecule has 0 spiro atoms. The number of carbonyl (C=O) groups is 2. The van der Waals surface area contributed by atoms with E-state index in [1.807, 2.05) is 18.2 Å². The minimum atomic E-state index is -1.19. The van der Waals surface area contributed by atoms with Crippen LogP contribution in [0.25, 0.3) is 0 Å². The maximum atomic E-state index is 10.8. The normalized spacial score (nSPS) is 11.5. The molecule has 2 N–H and O–H groups in total. The highest BCUT2D eigenvalue weighted by Gasteiger charge is 2.03. The Morgan fingerprint density at radius 1 is 1.11 bits per heavy atom. The molecular formula is C14H14O5. The van der Waals surface area contributed by atoms with Crippen molar-refractivity contribution in [1.82, 2.24) is 0 Å². The molecule has 0 aliphatic carbocycles. The van der Waals surface area contributed by atoms with Crippen molar-refractivity contribution in [2.45, 2.75) is 6.42 Å². The van der Waals surface area contributed by atoms with Crippen molar-refractivity contribution < 1.29 is 24.5 Å². The minimum Gasteiger partial charge on any atom is -0.493 e.